The second kappa shape index (κ2) is 5.77. The first-order valence-electron chi connectivity index (χ1n) is 6.06. The Morgan fingerprint density at radius 1 is 1.50 bits per heavy atom. The highest BCUT2D eigenvalue weighted by Crippen LogP contribution is 2.15. The first kappa shape index (κ1) is 12.8. The molecular formula is C12H17N3O3. The molecule has 1 aromatic heterocycles. The number of carboxylic acids is 1. The molecule has 2 heterocycles. The molecule has 2 rings (SSSR count). The molecule has 1 aliphatic heterocycles. The molecule has 0 unspecified atom stereocenters. The van der Waals surface area contributed by atoms with Gasteiger partial charge >= 0.3 is 5.97 Å². The summed E-state index contributed by atoms with van der Waals surface area (Å²) >= 11 is 0. The smallest absolute Gasteiger partial charge is 0.354 e. The second-order valence-electron chi connectivity index (χ2n) is 4.46. The molecule has 0 saturated carbocycles. The minimum absolute atomic E-state index is 0.0250. The minimum Gasteiger partial charge on any atom is -0.477 e. The molecule has 0 bridgehead atoms. The van der Waals surface area contributed by atoms with Crippen molar-refractivity contribution in [3.8, 4) is 0 Å². The van der Waals surface area contributed by atoms with Crippen molar-refractivity contribution in [3.63, 3.8) is 0 Å². The normalized spacial score (nSPS) is 16.5. The van der Waals surface area contributed by atoms with Crippen LogP contribution >= 0.6 is 0 Å². The maximum absolute atomic E-state index is 10.9. The van der Waals surface area contributed by atoms with Gasteiger partial charge in [-0.05, 0) is 31.7 Å². The van der Waals surface area contributed by atoms with Gasteiger partial charge in [0, 0.05) is 25.5 Å². The third-order valence-corrected chi connectivity index (χ3v) is 2.96. The predicted octanol–water partition coefficient (Wildman–Crippen LogP) is 1.32. The van der Waals surface area contributed by atoms with E-state index in [0.717, 1.165) is 32.6 Å². The fraction of sp³-hybridized carbons (Fsp3) is 0.583. The lowest BCUT2D eigenvalue weighted by atomic mass is 10.0. The van der Waals surface area contributed by atoms with Crippen molar-refractivity contribution in [2.45, 2.75) is 19.8 Å². The van der Waals surface area contributed by atoms with Gasteiger partial charge < -0.3 is 15.2 Å². The van der Waals surface area contributed by atoms with Crippen LogP contribution in [0, 0.1) is 12.8 Å². The molecule has 2 N–H and O–H groups in total. The lowest BCUT2D eigenvalue weighted by molar-refractivity contribution is 0.0690. The molecule has 6 heteroatoms. The van der Waals surface area contributed by atoms with Crippen molar-refractivity contribution in [2.24, 2.45) is 5.92 Å². The molecule has 98 valence electrons. The molecule has 6 nitrogen and oxygen atoms in total. The zero-order valence-corrected chi connectivity index (χ0v) is 10.3. The topological polar surface area (TPSA) is 84.3 Å². The molecule has 0 radical (unpaired) electrons. The summed E-state index contributed by atoms with van der Waals surface area (Å²) in [6, 6.07) is 1.46. The summed E-state index contributed by atoms with van der Waals surface area (Å²) in [5.41, 5.74) is 0.675. The fourth-order valence-corrected chi connectivity index (χ4v) is 1.94. The summed E-state index contributed by atoms with van der Waals surface area (Å²) in [4.78, 5) is 19.0. The largest absolute Gasteiger partial charge is 0.477 e. The minimum atomic E-state index is -1.03. The molecule has 0 amide bonds. The second-order valence-corrected chi connectivity index (χ2v) is 4.46. The summed E-state index contributed by atoms with van der Waals surface area (Å²) < 4.78 is 5.28. The number of carbonyl (C=O) groups is 1. The Morgan fingerprint density at radius 2 is 2.22 bits per heavy atom. The van der Waals surface area contributed by atoms with E-state index in [0.29, 0.717) is 17.6 Å². The average Bonchev–Trinajstić information content (AvgIpc) is 2.37. The van der Waals surface area contributed by atoms with E-state index in [9.17, 15) is 4.79 Å². The molecule has 18 heavy (non-hydrogen) atoms. The number of ether oxygens (including phenoxy) is 1. The Bertz CT molecular complexity index is 431. The number of aromatic carboxylic acids is 1. The SMILES string of the molecule is Cc1cc(C(=O)O)nc(NCC2CCOCC2)n1. The van der Waals surface area contributed by atoms with Crippen molar-refractivity contribution >= 4 is 11.9 Å². The van der Waals surface area contributed by atoms with Crippen LogP contribution in [0.25, 0.3) is 0 Å². The van der Waals surface area contributed by atoms with E-state index in [4.69, 9.17) is 9.84 Å². The van der Waals surface area contributed by atoms with Gasteiger partial charge in [0.25, 0.3) is 0 Å². The number of rotatable bonds is 4. The third kappa shape index (κ3) is 3.40. The summed E-state index contributed by atoms with van der Waals surface area (Å²) in [7, 11) is 0. The number of aryl methyl sites for hydroxylation is 1. The molecule has 1 saturated heterocycles. The Kier molecular flexibility index (Phi) is 4.09. The van der Waals surface area contributed by atoms with Crippen LogP contribution in [-0.2, 0) is 4.74 Å². The lowest BCUT2D eigenvalue weighted by Gasteiger charge is -2.22. The number of nitrogens with zero attached hydrogens (tertiary/aromatic N) is 2. The number of hydrogen-bond donors (Lipinski definition) is 2. The van der Waals surface area contributed by atoms with E-state index in [-0.39, 0.29) is 5.69 Å². The van der Waals surface area contributed by atoms with Crippen LogP contribution in [0.2, 0.25) is 0 Å². The van der Waals surface area contributed by atoms with Crippen molar-refractivity contribution < 1.29 is 14.6 Å². The summed E-state index contributed by atoms with van der Waals surface area (Å²) in [6.07, 6.45) is 2.04. The molecule has 1 aromatic rings. The third-order valence-electron chi connectivity index (χ3n) is 2.96. The van der Waals surface area contributed by atoms with Crippen molar-refractivity contribution in [3.05, 3.63) is 17.5 Å². The van der Waals surface area contributed by atoms with Gasteiger partial charge in [0.05, 0.1) is 0 Å². The summed E-state index contributed by atoms with van der Waals surface area (Å²) in [6.45, 7) is 4.10. The molecule has 0 atom stereocenters. The first-order chi connectivity index (χ1) is 8.65. The van der Waals surface area contributed by atoms with E-state index >= 15 is 0 Å². The molecule has 0 aliphatic carbocycles. The van der Waals surface area contributed by atoms with Gasteiger partial charge in [-0.25, -0.2) is 14.8 Å². The van der Waals surface area contributed by atoms with Crippen molar-refractivity contribution in [1.29, 1.82) is 0 Å². The van der Waals surface area contributed by atoms with E-state index in [1.807, 2.05) is 0 Å². The van der Waals surface area contributed by atoms with Crippen molar-refractivity contribution in [1.82, 2.24) is 9.97 Å². The molecule has 0 spiro atoms. The van der Waals surface area contributed by atoms with E-state index in [1.165, 1.54) is 6.07 Å². The van der Waals surface area contributed by atoms with Crippen LogP contribution in [0.4, 0.5) is 5.95 Å². The average molecular weight is 251 g/mol. The zero-order valence-electron chi connectivity index (χ0n) is 10.3. The van der Waals surface area contributed by atoms with E-state index < -0.39 is 5.97 Å². The number of nitrogens with one attached hydrogen (secondary N) is 1. The zero-order chi connectivity index (χ0) is 13.0. The van der Waals surface area contributed by atoms with Gasteiger partial charge in [0.2, 0.25) is 5.95 Å². The summed E-state index contributed by atoms with van der Waals surface area (Å²) in [5, 5.41) is 12.0. The Labute approximate surface area is 105 Å². The van der Waals surface area contributed by atoms with Gasteiger partial charge in [0.15, 0.2) is 5.69 Å². The highest BCUT2D eigenvalue weighted by molar-refractivity contribution is 5.85. The first-order valence-corrected chi connectivity index (χ1v) is 6.06. The highest BCUT2D eigenvalue weighted by Gasteiger charge is 2.14. The van der Waals surface area contributed by atoms with Gasteiger partial charge in [-0.3, -0.25) is 0 Å². The molecule has 1 aliphatic rings. The van der Waals surface area contributed by atoms with Crippen LogP contribution < -0.4 is 5.32 Å². The molecule has 1 fully saturated rings. The Hall–Kier alpha value is -1.69. The molecular weight excluding hydrogens is 234 g/mol. The number of carboxylic acid groups (broad SMARTS) is 1. The standard InChI is InChI=1S/C12H17N3O3/c1-8-6-10(11(16)17)15-12(14-8)13-7-9-2-4-18-5-3-9/h6,9H,2-5,7H2,1H3,(H,16,17)(H,13,14,15). The maximum Gasteiger partial charge on any atom is 0.354 e. The Morgan fingerprint density at radius 3 is 2.89 bits per heavy atom. The van der Waals surface area contributed by atoms with E-state index in [1.54, 1.807) is 6.92 Å². The highest BCUT2D eigenvalue weighted by atomic mass is 16.5. The van der Waals surface area contributed by atoms with Crippen molar-refractivity contribution in [2.75, 3.05) is 25.1 Å². The van der Waals surface area contributed by atoms with E-state index in [2.05, 4.69) is 15.3 Å². The van der Waals surface area contributed by atoms with Gasteiger partial charge in [0.1, 0.15) is 0 Å². The number of anilines is 1. The Balaban J connectivity index is 1.97. The summed E-state index contributed by atoms with van der Waals surface area (Å²) in [5.74, 6) is -0.107. The van der Waals surface area contributed by atoms with Gasteiger partial charge in [-0.2, -0.15) is 0 Å². The number of aromatic nitrogens is 2. The fourth-order valence-electron chi connectivity index (χ4n) is 1.94. The van der Waals surface area contributed by atoms with Crippen LogP contribution in [0.15, 0.2) is 6.07 Å². The van der Waals surface area contributed by atoms with Crippen LogP contribution in [0.1, 0.15) is 29.0 Å². The lowest BCUT2D eigenvalue weighted by Crippen LogP contribution is -2.23. The van der Waals surface area contributed by atoms with Crippen LogP contribution in [0.3, 0.4) is 0 Å². The quantitative estimate of drug-likeness (QED) is 0.839. The molecule has 0 aromatic carbocycles. The monoisotopic (exact) mass is 251 g/mol. The number of hydrogen-bond acceptors (Lipinski definition) is 5. The van der Waals surface area contributed by atoms with Gasteiger partial charge in [-0.15, -0.1) is 0 Å². The van der Waals surface area contributed by atoms with Crippen LogP contribution in [0.5, 0.6) is 0 Å². The van der Waals surface area contributed by atoms with Gasteiger partial charge in [-0.1, -0.05) is 0 Å². The van der Waals surface area contributed by atoms with Crippen LogP contribution in [-0.4, -0.2) is 40.8 Å². The predicted molar refractivity (Wildman–Crippen MR) is 65.8 cm³/mol. The maximum atomic E-state index is 10.9.